The van der Waals surface area contributed by atoms with Crippen molar-refractivity contribution in [3.63, 3.8) is 0 Å². The zero-order chi connectivity index (χ0) is 13.1. The van der Waals surface area contributed by atoms with Crippen LogP contribution < -0.4 is 5.32 Å². The van der Waals surface area contributed by atoms with Crippen molar-refractivity contribution in [2.24, 2.45) is 0 Å². The van der Waals surface area contributed by atoms with E-state index in [0.717, 1.165) is 35.7 Å². The standard InChI is InChI=1S/C15H16N4/c1-2-16-9-12-10-18-15(19-12)14-13-6-4-3-5-11(13)7-8-17-14/h3-8,10,16H,2,9H2,1H3,(H,18,19). The molecule has 96 valence electrons. The monoisotopic (exact) mass is 252 g/mol. The summed E-state index contributed by atoms with van der Waals surface area (Å²) in [6.07, 6.45) is 3.69. The van der Waals surface area contributed by atoms with Crippen molar-refractivity contribution in [2.75, 3.05) is 6.54 Å². The fourth-order valence-corrected chi connectivity index (χ4v) is 2.14. The normalized spacial score (nSPS) is 11.0. The topological polar surface area (TPSA) is 53.6 Å². The molecule has 2 N–H and O–H groups in total. The summed E-state index contributed by atoms with van der Waals surface area (Å²) in [5.41, 5.74) is 1.98. The highest BCUT2D eigenvalue weighted by Gasteiger charge is 2.08. The Morgan fingerprint density at radius 3 is 2.95 bits per heavy atom. The lowest BCUT2D eigenvalue weighted by Gasteiger charge is -2.02. The Hall–Kier alpha value is -2.20. The van der Waals surface area contributed by atoms with Crippen LogP contribution in [-0.4, -0.2) is 21.5 Å². The third kappa shape index (κ3) is 2.35. The van der Waals surface area contributed by atoms with Crippen LogP contribution in [0.1, 0.15) is 12.6 Å². The molecule has 19 heavy (non-hydrogen) atoms. The minimum atomic E-state index is 0.800. The molecule has 4 heteroatoms. The molecule has 0 aliphatic heterocycles. The first-order chi connectivity index (χ1) is 9.38. The molecule has 0 bridgehead atoms. The largest absolute Gasteiger partial charge is 0.339 e. The van der Waals surface area contributed by atoms with Crippen LogP contribution in [0.3, 0.4) is 0 Å². The minimum absolute atomic E-state index is 0.800. The SMILES string of the molecule is CCNCc1cnc(-c2nccc3ccccc23)[nH]1. The van der Waals surface area contributed by atoms with Crippen molar-refractivity contribution < 1.29 is 0 Å². The minimum Gasteiger partial charge on any atom is -0.339 e. The van der Waals surface area contributed by atoms with Gasteiger partial charge in [0.1, 0.15) is 5.69 Å². The number of H-pyrrole nitrogens is 1. The van der Waals surface area contributed by atoms with E-state index in [1.807, 2.05) is 30.6 Å². The number of benzene rings is 1. The van der Waals surface area contributed by atoms with Gasteiger partial charge in [-0.15, -0.1) is 0 Å². The van der Waals surface area contributed by atoms with E-state index in [9.17, 15) is 0 Å². The van der Waals surface area contributed by atoms with E-state index < -0.39 is 0 Å². The summed E-state index contributed by atoms with van der Waals surface area (Å²) in [6.45, 7) is 3.83. The van der Waals surface area contributed by atoms with Gasteiger partial charge in [0.25, 0.3) is 0 Å². The van der Waals surface area contributed by atoms with E-state index in [2.05, 4.69) is 39.3 Å². The number of hydrogen-bond donors (Lipinski definition) is 2. The van der Waals surface area contributed by atoms with E-state index in [1.54, 1.807) is 0 Å². The summed E-state index contributed by atoms with van der Waals surface area (Å²) in [5, 5.41) is 5.57. The fourth-order valence-electron chi connectivity index (χ4n) is 2.14. The molecule has 0 radical (unpaired) electrons. The highest BCUT2D eigenvalue weighted by atomic mass is 15.0. The number of pyridine rings is 1. The Bertz CT molecular complexity index is 682. The Kier molecular flexibility index (Phi) is 3.25. The van der Waals surface area contributed by atoms with Crippen molar-refractivity contribution in [1.29, 1.82) is 0 Å². The van der Waals surface area contributed by atoms with Gasteiger partial charge >= 0.3 is 0 Å². The number of imidazole rings is 1. The molecule has 0 atom stereocenters. The van der Waals surface area contributed by atoms with Crippen LogP contribution in [0, 0.1) is 0 Å². The molecular formula is C15H16N4. The first-order valence-electron chi connectivity index (χ1n) is 6.47. The Morgan fingerprint density at radius 2 is 2.05 bits per heavy atom. The summed E-state index contributed by atoms with van der Waals surface area (Å²) in [7, 11) is 0. The van der Waals surface area contributed by atoms with Gasteiger partial charge in [-0.3, -0.25) is 4.98 Å². The lowest BCUT2D eigenvalue weighted by atomic mass is 10.1. The molecule has 0 fully saturated rings. The molecule has 0 aliphatic rings. The number of rotatable bonds is 4. The molecule has 1 aromatic carbocycles. The molecule has 2 heterocycles. The predicted molar refractivity (Wildman–Crippen MR) is 76.7 cm³/mol. The van der Waals surface area contributed by atoms with Crippen LogP contribution in [0.2, 0.25) is 0 Å². The first kappa shape index (κ1) is 11.9. The van der Waals surface area contributed by atoms with Crippen molar-refractivity contribution in [2.45, 2.75) is 13.5 Å². The Labute approximate surface area is 111 Å². The van der Waals surface area contributed by atoms with Crippen molar-refractivity contribution in [1.82, 2.24) is 20.3 Å². The fraction of sp³-hybridized carbons (Fsp3) is 0.200. The van der Waals surface area contributed by atoms with Gasteiger partial charge in [-0.2, -0.15) is 0 Å². The number of aromatic nitrogens is 3. The highest BCUT2D eigenvalue weighted by Crippen LogP contribution is 2.23. The van der Waals surface area contributed by atoms with Gasteiger partial charge in [-0.05, 0) is 18.0 Å². The van der Waals surface area contributed by atoms with Gasteiger partial charge in [-0.1, -0.05) is 31.2 Å². The predicted octanol–water partition coefficient (Wildman–Crippen LogP) is 2.73. The Morgan fingerprint density at radius 1 is 1.16 bits per heavy atom. The molecule has 4 nitrogen and oxygen atoms in total. The van der Waals surface area contributed by atoms with E-state index in [0.29, 0.717) is 0 Å². The summed E-state index contributed by atoms with van der Waals surface area (Å²) in [4.78, 5) is 12.2. The van der Waals surface area contributed by atoms with Crippen molar-refractivity contribution in [3.05, 3.63) is 48.4 Å². The molecule has 0 aliphatic carbocycles. The average Bonchev–Trinajstić information content (AvgIpc) is 2.93. The summed E-state index contributed by atoms with van der Waals surface area (Å²) < 4.78 is 0. The maximum atomic E-state index is 4.46. The van der Waals surface area contributed by atoms with Crippen LogP contribution in [0.15, 0.2) is 42.7 Å². The number of aromatic amines is 1. The molecule has 0 amide bonds. The quantitative estimate of drug-likeness (QED) is 0.750. The second-order valence-corrected chi connectivity index (χ2v) is 4.42. The Balaban J connectivity index is 2.02. The van der Waals surface area contributed by atoms with Gasteiger partial charge in [-0.25, -0.2) is 4.98 Å². The third-order valence-electron chi connectivity index (χ3n) is 3.09. The molecule has 3 aromatic rings. The van der Waals surface area contributed by atoms with Crippen LogP contribution in [0.4, 0.5) is 0 Å². The summed E-state index contributed by atoms with van der Waals surface area (Å²) in [6, 6.07) is 10.2. The van der Waals surface area contributed by atoms with Gasteiger partial charge in [0.15, 0.2) is 5.82 Å². The first-order valence-corrected chi connectivity index (χ1v) is 6.47. The van der Waals surface area contributed by atoms with Crippen molar-refractivity contribution in [3.8, 4) is 11.5 Å². The number of nitrogens with one attached hydrogen (secondary N) is 2. The number of hydrogen-bond acceptors (Lipinski definition) is 3. The number of fused-ring (bicyclic) bond motifs is 1. The van der Waals surface area contributed by atoms with Crippen LogP contribution in [0.25, 0.3) is 22.3 Å². The van der Waals surface area contributed by atoms with Gasteiger partial charge in [0.2, 0.25) is 0 Å². The van der Waals surface area contributed by atoms with Crippen LogP contribution >= 0.6 is 0 Å². The van der Waals surface area contributed by atoms with E-state index >= 15 is 0 Å². The summed E-state index contributed by atoms with van der Waals surface area (Å²) in [5.74, 6) is 0.824. The second kappa shape index (κ2) is 5.20. The summed E-state index contributed by atoms with van der Waals surface area (Å²) >= 11 is 0. The zero-order valence-electron chi connectivity index (χ0n) is 10.9. The highest BCUT2D eigenvalue weighted by molar-refractivity contribution is 5.92. The third-order valence-corrected chi connectivity index (χ3v) is 3.09. The second-order valence-electron chi connectivity index (χ2n) is 4.42. The maximum absolute atomic E-state index is 4.46. The molecular weight excluding hydrogens is 236 g/mol. The average molecular weight is 252 g/mol. The van der Waals surface area contributed by atoms with Crippen LogP contribution in [0.5, 0.6) is 0 Å². The molecule has 0 saturated carbocycles. The zero-order valence-corrected chi connectivity index (χ0v) is 10.9. The molecule has 3 rings (SSSR count). The molecule has 0 unspecified atom stereocenters. The van der Waals surface area contributed by atoms with Crippen LogP contribution in [-0.2, 0) is 6.54 Å². The van der Waals surface area contributed by atoms with Gasteiger partial charge in [0.05, 0.1) is 6.20 Å². The van der Waals surface area contributed by atoms with E-state index in [-0.39, 0.29) is 0 Å². The maximum Gasteiger partial charge on any atom is 0.156 e. The van der Waals surface area contributed by atoms with Gasteiger partial charge < -0.3 is 10.3 Å². The lowest BCUT2D eigenvalue weighted by Crippen LogP contribution is -2.11. The van der Waals surface area contributed by atoms with Crippen molar-refractivity contribution >= 4 is 10.8 Å². The molecule has 0 spiro atoms. The van der Waals surface area contributed by atoms with E-state index in [1.165, 1.54) is 5.39 Å². The number of nitrogens with zero attached hydrogens (tertiary/aromatic N) is 2. The molecule has 2 aromatic heterocycles. The lowest BCUT2D eigenvalue weighted by molar-refractivity contribution is 0.714. The smallest absolute Gasteiger partial charge is 0.156 e. The van der Waals surface area contributed by atoms with Gasteiger partial charge in [0, 0.05) is 23.8 Å². The van der Waals surface area contributed by atoms with E-state index in [4.69, 9.17) is 0 Å². The molecule has 0 saturated heterocycles.